The van der Waals surface area contributed by atoms with Gasteiger partial charge in [0.2, 0.25) is 12.2 Å². The minimum atomic E-state index is -3.65. The van der Waals surface area contributed by atoms with Crippen LogP contribution in [0.5, 0.6) is 5.75 Å². The van der Waals surface area contributed by atoms with Crippen molar-refractivity contribution < 1.29 is 113 Å². The molecule has 0 aromatic heterocycles. The predicted octanol–water partition coefficient (Wildman–Crippen LogP) is 7.65. The Morgan fingerprint density at radius 3 is 1.62 bits per heavy atom. The van der Waals surface area contributed by atoms with E-state index in [0.717, 1.165) is 66.3 Å². The van der Waals surface area contributed by atoms with Crippen LogP contribution < -0.4 is 14.9 Å². The molecule has 4 unspecified atom stereocenters. The molecule has 3 aliphatic heterocycles. The number of amides is 1. The van der Waals surface area contributed by atoms with E-state index in [1.165, 1.54) is 38.2 Å². The summed E-state index contributed by atoms with van der Waals surface area (Å²) in [7, 11) is -0.0969. The van der Waals surface area contributed by atoms with E-state index in [4.69, 9.17) is 65.9 Å². The molecule has 0 bridgehead atoms. The lowest BCUT2D eigenvalue weighted by molar-refractivity contribution is -0.324. The van der Waals surface area contributed by atoms with E-state index in [1.54, 1.807) is 72.8 Å². The molecule has 8 rings (SSSR count). The Morgan fingerprint density at radius 1 is 0.578 bits per heavy atom. The van der Waals surface area contributed by atoms with E-state index < -0.39 is 153 Å². The highest BCUT2D eigenvalue weighted by Gasteiger charge is 2.60. The average molecular weight is 1270 g/mol. The molecule has 5 aromatic carbocycles. The molecule has 24 nitrogen and oxygen atoms in total. The normalized spacial score (nSPS) is 24.6. The van der Waals surface area contributed by atoms with Crippen molar-refractivity contribution >= 4 is 66.3 Å². The van der Waals surface area contributed by atoms with Gasteiger partial charge in [-0.2, -0.15) is 0 Å². The molecule has 26 heteroatoms. The first-order valence-corrected chi connectivity index (χ1v) is 30.0. The number of β-lactam (4-membered cyclic amide) rings is 1. The number of halogens is 1. The molecule has 3 saturated heterocycles. The van der Waals surface area contributed by atoms with Crippen molar-refractivity contribution in [1.29, 1.82) is 0 Å². The molecule has 0 spiro atoms. The Balaban J connectivity index is 1.35. The Morgan fingerprint density at radius 2 is 1.08 bits per heavy atom. The summed E-state index contributed by atoms with van der Waals surface area (Å²) >= 11 is 0. The van der Waals surface area contributed by atoms with E-state index in [9.17, 15) is 38.1 Å². The topological polar surface area (TPSA) is 286 Å². The average Bonchev–Trinajstić information content (AvgIpc) is 0.727. The standard InChI is InChI=1S/C64H69FNO23P/c1-34-54(81-35(2)67)55(82-36(3)68)59(85-39(6)71)63(80-34)88-51(32-49(43-21-26-45(65)27-22-43)87-64-60(86-40(7)72)57(84-38(5)70)56(83-37(4)69)58(89-64)62(74)76-8)52-53(66(61(52)73)46-19-15-12-16-20-46)48-30-25-44(31-50(48)79-33-41-17-13-11-14-18-41)42-23-28-47(29-24-42)90(75,77-9)78-10/h11-31,34,49,51-60,63-64H,32-33H2,1-10H3/t34?,49-,51+,52+,53+,54-,55?,56+,57?,58?,59+,60+,63+,64-/m0/s1. The van der Waals surface area contributed by atoms with Gasteiger partial charge in [0.05, 0.1) is 42.7 Å². The van der Waals surface area contributed by atoms with Crippen LogP contribution in [0, 0.1) is 11.7 Å². The van der Waals surface area contributed by atoms with Gasteiger partial charge in [0.15, 0.2) is 49.0 Å². The van der Waals surface area contributed by atoms with Crippen LogP contribution in [0.2, 0.25) is 0 Å². The van der Waals surface area contributed by atoms with E-state index in [2.05, 4.69) is 0 Å². The van der Waals surface area contributed by atoms with Crippen LogP contribution in [-0.4, -0.2) is 137 Å². The summed E-state index contributed by atoms with van der Waals surface area (Å²) in [6, 6.07) is 33.6. The molecule has 14 atom stereocenters. The Bertz CT molecular complexity index is 3420. The lowest BCUT2D eigenvalue weighted by Crippen LogP contribution is -2.65. The van der Waals surface area contributed by atoms with Gasteiger partial charge in [-0.15, -0.1) is 0 Å². The van der Waals surface area contributed by atoms with Crippen molar-refractivity contribution in [3.63, 3.8) is 0 Å². The third-order valence-corrected chi connectivity index (χ3v) is 16.8. The smallest absolute Gasteiger partial charge is 0.360 e. The first-order chi connectivity index (χ1) is 42.9. The van der Waals surface area contributed by atoms with Gasteiger partial charge in [0.1, 0.15) is 18.2 Å². The number of hydrogen-bond donors (Lipinski definition) is 0. The van der Waals surface area contributed by atoms with Crippen molar-refractivity contribution in [3.8, 4) is 16.9 Å². The molecule has 3 heterocycles. The fourth-order valence-electron chi connectivity index (χ4n) is 11.1. The Labute approximate surface area is 517 Å². The van der Waals surface area contributed by atoms with Crippen LogP contribution in [0.25, 0.3) is 11.1 Å². The third kappa shape index (κ3) is 15.9. The van der Waals surface area contributed by atoms with Crippen molar-refractivity contribution in [2.24, 2.45) is 5.92 Å². The summed E-state index contributed by atoms with van der Waals surface area (Å²) < 4.78 is 112. The van der Waals surface area contributed by atoms with Gasteiger partial charge in [-0.3, -0.25) is 38.1 Å². The first kappa shape index (κ1) is 67.5. The molecule has 1 amide bonds. The highest BCUT2D eigenvalue weighted by atomic mass is 31.2. The third-order valence-electron chi connectivity index (χ3n) is 14.9. The number of methoxy groups -OCH3 is 1. The molecular weight excluding hydrogens is 1200 g/mol. The molecule has 480 valence electrons. The SMILES string of the molecule is COC(=O)C1O[C@H](O[C@@H](C[C@@H](O[C@H]2OC(C)[C@H](OC(C)=O)C(OC(C)=O)[C@H]2OC(C)=O)[C@H]2C(=O)N(c3ccccc3)[C@@H]2c2ccc(-c3ccc(P(=O)(OC)OC)cc3)cc2OCc2ccccc2)c2ccc(F)cc2)[C@H](OC(C)=O)C(OC(C)=O)[C@H]1OC(C)=O. The molecule has 0 radical (unpaired) electrons. The molecular formula is C64H69FNO23P. The van der Waals surface area contributed by atoms with Gasteiger partial charge in [-0.1, -0.05) is 84.9 Å². The van der Waals surface area contributed by atoms with Crippen molar-refractivity contribution in [3.05, 3.63) is 150 Å². The maximum absolute atomic E-state index is 15.8. The fourth-order valence-corrected chi connectivity index (χ4v) is 12.2. The maximum Gasteiger partial charge on any atom is 0.360 e. The second kappa shape index (κ2) is 29.9. The van der Waals surface area contributed by atoms with Crippen LogP contribution in [0.1, 0.15) is 83.7 Å². The first-order valence-electron chi connectivity index (χ1n) is 28.4. The lowest BCUT2D eigenvalue weighted by Gasteiger charge is -2.52. The zero-order valence-corrected chi connectivity index (χ0v) is 51.7. The fraction of sp³-hybridized carbons (Fsp3) is 0.406. The molecule has 5 aromatic rings. The van der Waals surface area contributed by atoms with Gasteiger partial charge in [0, 0.05) is 73.4 Å². The van der Waals surface area contributed by atoms with Crippen molar-refractivity contribution in [1.82, 2.24) is 0 Å². The summed E-state index contributed by atoms with van der Waals surface area (Å²) in [6.45, 7) is 7.77. The number of benzene rings is 5. The predicted molar refractivity (Wildman–Crippen MR) is 312 cm³/mol. The molecule has 3 aliphatic rings. The number of anilines is 1. The number of carbonyl (C=O) groups excluding carboxylic acids is 8. The molecule has 0 aliphatic carbocycles. The zero-order chi connectivity index (χ0) is 65.1. The number of rotatable bonds is 24. The van der Waals surface area contributed by atoms with Gasteiger partial charge in [-0.25, -0.2) is 9.18 Å². The number of esters is 7. The largest absolute Gasteiger partial charge is 0.489 e. The van der Waals surface area contributed by atoms with Gasteiger partial charge < -0.3 is 70.8 Å². The minimum Gasteiger partial charge on any atom is -0.489 e. The van der Waals surface area contributed by atoms with Crippen molar-refractivity contribution in [2.75, 3.05) is 26.2 Å². The lowest BCUT2D eigenvalue weighted by atomic mass is 9.75. The number of hydrogen-bond acceptors (Lipinski definition) is 23. The molecule has 3 fully saturated rings. The molecule has 0 saturated carbocycles. The van der Waals surface area contributed by atoms with Gasteiger partial charge in [-0.05, 0) is 71.6 Å². The van der Waals surface area contributed by atoms with Crippen molar-refractivity contribution in [2.45, 2.75) is 141 Å². The van der Waals surface area contributed by atoms with Gasteiger partial charge in [0.25, 0.3) is 0 Å². The number of para-hydroxylation sites is 1. The minimum absolute atomic E-state index is 0.0151. The number of nitrogens with zero attached hydrogens (tertiary/aromatic N) is 1. The number of carbonyl (C=O) groups is 8. The van der Waals surface area contributed by atoms with E-state index in [-0.39, 0.29) is 17.9 Å². The van der Waals surface area contributed by atoms with E-state index in [0.29, 0.717) is 27.7 Å². The second-order valence-electron chi connectivity index (χ2n) is 21.1. The van der Waals surface area contributed by atoms with Crippen LogP contribution in [0.4, 0.5) is 10.1 Å². The van der Waals surface area contributed by atoms with Gasteiger partial charge >= 0.3 is 49.4 Å². The number of ether oxygens (including phenoxy) is 12. The van der Waals surface area contributed by atoms with E-state index >= 15 is 9.18 Å². The monoisotopic (exact) mass is 1270 g/mol. The second-order valence-corrected chi connectivity index (χ2v) is 23.4. The molecule has 90 heavy (non-hydrogen) atoms. The van der Waals surface area contributed by atoms with Crippen LogP contribution in [0.15, 0.2) is 127 Å². The zero-order valence-electron chi connectivity index (χ0n) is 50.8. The summed E-state index contributed by atoms with van der Waals surface area (Å²) in [5, 5.41) is 0.292. The quantitative estimate of drug-likeness (QED) is 0.0248. The van der Waals surface area contributed by atoms with E-state index in [1.807, 2.05) is 30.3 Å². The van der Waals surface area contributed by atoms with Crippen LogP contribution in [-0.2, 0) is 111 Å². The van der Waals surface area contributed by atoms with Crippen LogP contribution >= 0.6 is 7.60 Å². The molecule has 0 N–H and O–H groups in total. The summed E-state index contributed by atoms with van der Waals surface area (Å²) in [4.78, 5) is 109. The maximum atomic E-state index is 15.8. The highest BCUT2D eigenvalue weighted by Crippen LogP contribution is 2.52. The Hall–Kier alpha value is -8.42. The van der Waals surface area contributed by atoms with Crippen LogP contribution in [0.3, 0.4) is 0 Å². The summed E-state index contributed by atoms with van der Waals surface area (Å²) in [5.74, 6) is -9.12. The summed E-state index contributed by atoms with van der Waals surface area (Å²) in [6.07, 6.45) is -20.8. The Kier molecular flexibility index (Phi) is 22.4. The summed E-state index contributed by atoms with van der Waals surface area (Å²) in [5.41, 5.74) is 2.98. The highest BCUT2D eigenvalue weighted by molar-refractivity contribution is 7.62.